The third-order valence-electron chi connectivity index (χ3n) is 3.84. The fourth-order valence-corrected chi connectivity index (χ4v) is 3.55. The first-order valence-corrected chi connectivity index (χ1v) is 10.2. The molecule has 0 atom stereocenters. The number of halogens is 3. The molecular weight excluding hydrogens is 461 g/mol. The van der Waals surface area contributed by atoms with Crippen LogP contribution in [-0.4, -0.2) is 12.8 Å². The summed E-state index contributed by atoms with van der Waals surface area (Å²) in [6.07, 6.45) is 1.79. The minimum Gasteiger partial charge on any atom is -0.490 e. The van der Waals surface area contributed by atoms with Crippen molar-refractivity contribution in [2.45, 2.75) is 13.5 Å². The van der Waals surface area contributed by atoms with Crippen molar-refractivity contribution in [3.05, 3.63) is 86.3 Å². The molecule has 0 saturated heterocycles. The van der Waals surface area contributed by atoms with Crippen LogP contribution in [0.2, 0.25) is 10.0 Å². The second-order valence-corrected chi connectivity index (χ2v) is 7.58. The van der Waals surface area contributed by atoms with E-state index in [1.807, 2.05) is 55.5 Å². The lowest BCUT2D eigenvalue weighted by Crippen LogP contribution is -2.02. The minimum absolute atomic E-state index is 0.298. The smallest absolute Gasteiger partial charge is 0.175 e. The van der Waals surface area contributed by atoms with Gasteiger partial charge in [0.25, 0.3) is 0 Å². The number of para-hydroxylation sites is 1. The van der Waals surface area contributed by atoms with Crippen LogP contribution in [0.3, 0.4) is 0 Å². The van der Waals surface area contributed by atoms with Crippen molar-refractivity contribution in [3.8, 4) is 11.5 Å². The maximum Gasteiger partial charge on any atom is 0.175 e. The van der Waals surface area contributed by atoms with Crippen LogP contribution in [0.1, 0.15) is 18.1 Å². The van der Waals surface area contributed by atoms with Gasteiger partial charge in [-0.1, -0.05) is 47.5 Å². The van der Waals surface area contributed by atoms with Crippen LogP contribution >= 0.6 is 39.1 Å². The summed E-state index contributed by atoms with van der Waals surface area (Å²) in [6, 6.07) is 18.9. The Morgan fingerprint density at radius 2 is 1.79 bits per heavy atom. The Morgan fingerprint density at radius 1 is 1.00 bits per heavy atom. The summed E-state index contributed by atoms with van der Waals surface area (Å²) in [5.41, 5.74) is 2.63. The van der Waals surface area contributed by atoms with Gasteiger partial charge in [0, 0.05) is 21.8 Å². The molecule has 144 valence electrons. The van der Waals surface area contributed by atoms with Crippen molar-refractivity contribution in [1.29, 1.82) is 0 Å². The molecular formula is C22H18BrCl2NO2. The van der Waals surface area contributed by atoms with Crippen LogP contribution in [0.25, 0.3) is 0 Å². The lowest BCUT2D eigenvalue weighted by Gasteiger charge is -2.15. The van der Waals surface area contributed by atoms with E-state index in [0.717, 1.165) is 21.3 Å². The lowest BCUT2D eigenvalue weighted by atomic mass is 10.2. The summed E-state index contributed by atoms with van der Waals surface area (Å²) in [5.74, 6) is 1.25. The number of ether oxygens (including phenoxy) is 2. The van der Waals surface area contributed by atoms with Gasteiger partial charge in [0.2, 0.25) is 0 Å². The van der Waals surface area contributed by atoms with Crippen molar-refractivity contribution in [2.24, 2.45) is 4.99 Å². The predicted molar refractivity (Wildman–Crippen MR) is 120 cm³/mol. The zero-order chi connectivity index (χ0) is 19.9. The van der Waals surface area contributed by atoms with Gasteiger partial charge in [0.15, 0.2) is 11.5 Å². The topological polar surface area (TPSA) is 30.8 Å². The first-order valence-electron chi connectivity index (χ1n) is 8.69. The molecule has 28 heavy (non-hydrogen) atoms. The van der Waals surface area contributed by atoms with Crippen LogP contribution in [0.15, 0.2) is 70.1 Å². The summed E-state index contributed by atoms with van der Waals surface area (Å²) >= 11 is 15.8. The second kappa shape index (κ2) is 9.97. The molecule has 0 amide bonds. The predicted octanol–water partition coefficient (Wildman–Crippen LogP) is 7.48. The molecule has 0 heterocycles. The molecule has 0 bridgehead atoms. The summed E-state index contributed by atoms with van der Waals surface area (Å²) < 4.78 is 12.6. The molecule has 0 spiro atoms. The highest BCUT2D eigenvalue weighted by molar-refractivity contribution is 9.10. The van der Waals surface area contributed by atoms with Crippen molar-refractivity contribution >= 4 is 51.0 Å². The minimum atomic E-state index is 0.298. The molecule has 0 aromatic heterocycles. The number of aliphatic imine (C=N–C) groups is 1. The number of rotatable bonds is 7. The number of hydrogen-bond donors (Lipinski definition) is 0. The zero-order valence-corrected chi connectivity index (χ0v) is 18.3. The van der Waals surface area contributed by atoms with Gasteiger partial charge in [-0.2, -0.15) is 0 Å². The van der Waals surface area contributed by atoms with Crippen LogP contribution in [-0.2, 0) is 6.61 Å². The maximum absolute atomic E-state index is 6.24. The van der Waals surface area contributed by atoms with E-state index in [4.69, 9.17) is 32.7 Å². The molecule has 3 rings (SSSR count). The third kappa shape index (κ3) is 5.51. The monoisotopic (exact) mass is 477 g/mol. The Kier molecular flexibility index (Phi) is 7.37. The first kappa shape index (κ1) is 20.7. The molecule has 0 saturated carbocycles. The molecule has 6 heteroatoms. The fraction of sp³-hybridized carbons (Fsp3) is 0.136. The first-order chi connectivity index (χ1) is 13.6. The molecule has 0 aliphatic heterocycles. The van der Waals surface area contributed by atoms with Crippen LogP contribution < -0.4 is 9.47 Å². The maximum atomic E-state index is 6.24. The Labute approximate surface area is 183 Å². The quantitative estimate of drug-likeness (QED) is 0.329. The molecule has 0 fully saturated rings. The standard InChI is InChI=1S/C22H18BrCl2NO2/c1-2-27-21-11-15(13-26-18-6-4-3-5-7-18)10-19(23)22(21)28-14-16-8-9-17(24)12-20(16)25/h3-13H,2,14H2,1H3. The van der Waals surface area contributed by atoms with E-state index in [9.17, 15) is 0 Å². The van der Waals surface area contributed by atoms with Gasteiger partial charge in [-0.3, -0.25) is 4.99 Å². The van der Waals surface area contributed by atoms with Gasteiger partial charge in [-0.05, 0) is 64.8 Å². The zero-order valence-electron chi connectivity index (χ0n) is 15.2. The van der Waals surface area contributed by atoms with Gasteiger partial charge in [-0.15, -0.1) is 0 Å². The van der Waals surface area contributed by atoms with Gasteiger partial charge >= 0.3 is 0 Å². The average molecular weight is 479 g/mol. The van der Waals surface area contributed by atoms with Crippen molar-refractivity contribution < 1.29 is 9.47 Å². The highest BCUT2D eigenvalue weighted by atomic mass is 79.9. The van der Waals surface area contributed by atoms with E-state index in [1.165, 1.54) is 0 Å². The van der Waals surface area contributed by atoms with Crippen LogP contribution in [0.4, 0.5) is 5.69 Å². The van der Waals surface area contributed by atoms with Crippen molar-refractivity contribution in [1.82, 2.24) is 0 Å². The van der Waals surface area contributed by atoms with Crippen LogP contribution in [0.5, 0.6) is 11.5 Å². The highest BCUT2D eigenvalue weighted by Gasteiger charge is 2.13. The Hall–Kier alpha value is -2.01. The largest absolute Gasteiger partial charge is 0.490 e. The number of benzene rings is 3. The average Bonchev–Trinajstić information content (AvgIpc) is 2.68. The molecule has 3 aromatic carbocycles. The molecule has 3 aromatic rings. The van der Waals surface area contributed by atoms with E-state index < -0.39 is 0 Å². The van der Waals surface area contributed by atoms with Crippen LogP contribution in [0, 0.1) is 0 Å². The van der Waals surface area contributed by atoms with Crippen molar-refractivity contribution in [2.75, 3.05) is 6.61 Å². The van der Waals surface area contributed by atoms with E-state index in [2.05, 4.69) is 20.9 Å². The Morgan fingerprint density at radius 3 is 2.50 bits per heavy atom. The van der Waals surface area contributed by atoms with Crippen molar-refractivity contribution in [3.63, 3.8) is 0 Å². The SMILES string of the molecule is CCOc1cc(C=Nc2ccccc2)cc(Br)c1OCc1ccc(Cl)cc1Cl. The van der Waals surface area contributed by atoms with E-state index in [1.54, 1.807) is 18.3 Å². The van der Waals surface area contributed by atoms with Gasteiger partial charge < -0.3 is 9.47 Å². The van der Waals surface area contributed by atoms with E-state index in [0.29, 0.717) is 34.8 Å². The summed E-state index contributed by atoms with van der Waals surface area (Å²) in [6.45, 7) is 2.74. The molecule has 0 radical (unpaired) electrons. The number of hydrogen-bond acceptors (Lipinski definition) is 3. The summed E-state index contributed by atoms with van der Waals surface area (Å²) in [7, 11) is 0. The summed E-state index contributed by atoms with van der Waals surface area (Å²) in [5, 5.41) is 1.15. The normalized spacial score (nSPS) is 11.0. The highest BCUT2D eigenvalue weighted by Crippen LogP contribution is 2.37. The second-order valence-electron chi connectivity index (χ2n) is 5.88. The fourth-order valence-electron chi connectivity index (χ4n) is 2.52. The lowest BCUT2D eigenvalue weighted by molar-refractivity contribution is 0.267. The Bertz CT molecular complexity index is 978. The van der Waals surface area contributed by atoms with E-state index >= 15 is 0 Å². The molecule has 0 aliphatic rings. The van der Waals surface area contributed by atoms with Gasteiger partial charge in [-0.25, -0.2) is 0 Å². The molecule has 0 unspecified atom stereocenters. The molecule has 0 N–H and O–H groups in total. The summed E-state index contributed by atoms with van der Waals surface area (Å²) in [4.78, 5) is 4.49. The van der Waals surface area contributed by atoms with E-state index in [-0.39, 0.29) is 0 Å². The third-order valence-corrected chi connectivity index (χ3v) is 5.01. The Balaban J connectivity index is 1.83. The molecule has 0 aliphatic carbocycles. The number of nitrogens with zero attached hydrogens (tertiary/aromatic N) is 1. The van der Waals surface area contributed by atoms with Gasteiger partial charge in [0.1, 0.15) is 6.61 Å². The van der Waals surface area contributed by atoms with Gasteiger partial charge in [0.05, 0.1) is 16.8 Å². The molecule has 3 nitrogen and oxygen atoms in total.